The van der Waals surface area contributed by atoms with E-state index in [9.17, 15) is 0 Å². The molecule has 4 heteroatoms. The van der Waals surface area contributed by atoms with E-state index >= 15 is 0 Å². The molecule has 0 radical (unpaired) electrons. The Hall–Kier alpha value is -0.570. The molecular weight excluding hydrogens is 246 g/mol. The topological polar surface area (TPSA) is 30.7 Å². The summed E-state index contributed by atoms with van der Waals surface area (Å²) in [5, 5.41) is 8.93. The van der Waals surface area contributed by atoms with Crippen molar-refractivity contribution in [2.24, 2.45) is 11.8 Å². The molecule has 2 unspecified atom stereocenters. The van der Waals surface area contributed by atoms with Crippen molar-refractivity contribution in [2.45, 2.75) is 65.3 Å². The largest absolute Gasteiger partial charge is 0.298 e. The Morgan fingerprint density at radius 3 is 2.11 bits per heavy atom. The predicted molar refractivity (Wildman–Crippen MR) is 74.9 cm³/mol. The molecule has 1 aliphatic carbocycles. The van der Waals surface area contributed by atoms with Crippen LogP contribution in [0.5, 0.6) is 0 Å². The van der Waals surface area contributed by atoms with E-state index in [1.807, 2.05) is 0 Å². The first kappa shape index (κ1) is 13.9. The standard InChI is InChI=1S/C14H24ClN3/c1-9-6-10(2)8-11(7-9)18-12(14(3,4)5)16-17-13(18)15/h9-11H,6-8H2,1-5H3. The number of hydrogen-bond donors (Lipinski definition) is 0. The molecular formula is C14H24ClN3. The van der Waals surface area contributed by atoms with Crippen LogP contribution < -0.4 is 0 Å². The van der Waals surface area contributed by atoms with E-state index < -0.39 is 0 Å². The first-order valence-electron chi connectivity index (χ1n) is 6.90. The highest BCUT2D eigenvalue weighted by atomic mass is 35.5. The van der Waals surface area contributed by atoms with Gasteiger partial charge < -0.3 is 0 Å². The molecule has 0 aliphatic heterocycles. The molecule has 0 N–H and O–H groups in total. The van der Waals surface area contributed by atoms with E-state index in [1.54, 1.807) is 0 Å². The van der Waals surface area contributed by atoms with Crippen molar-refractivity contribution in [1.29, 1.82) is 0 Å². The Labute approximate surface area is 115 Å². The monoisotopic (exact) mass is 269 g/mol. The molecule has 1 fully saturated rings. The molecule has 0 spiro atoms. The lowest BCUT2D eigenvalue weighted by molar-refractivity contribution is 0.214. The maximum absolute atomic E-state index is 6.27. The summed E-state index contributed by atoms with van der Waals surface area (Å²) in [5.41, 5.74) is -0.00986. The average Bonchev–Trinajstić information content (AvgIpc) is 2.57. The van der Waals surface area contributed by atoms with Crippen molar-refractivity contribution in [3.05, 3.63) is 11.1 Å². The quantitative estimate of drug-likeness (QED) is 0.764. The SMILES string of the molecule is CC1CC(C)CC(n2c(Cl)nnc2C(C)(C)C)C1. The molecule has 1 aromatic heterocycles. The maximum Gasteiger partial charge on any atom is 0.225 e. The molecule has 102 valence electrons. The number of rotatable bonds is 1. The van der Waals surface area contributed by atoms with Gasteiger partial charge >= 0.3 is 0 Å². The van der Waals surface area contributed by atoms with Gasteiger partial charge in [0, 0.05) is 11.5 Å². The minimum atomic E-state index is -0.00986. The van der Waals surface area contributed by atoms with Crippen molar-refractivity contribution in [1.82, 2.24) is 14.8 Å². The molecule has 0 amide bonds. The fraction of sp³-hybridized carbons (Fsp3) is 0.857. The van der Waals surface area contributed by atoms with Gasteiger partial charge in [0.15, 0.2) is 0 Å². The van der Waals surface area contributed by atoms with Crippen LogP contribution in [0.15, 0.2) is 0 Å². The van der Waals surface area contributed by atoms with Gasteiger partial charge in [0.1, 0.15) is 5.82 Å². The first-order valence-corrected chi connectivity index (χ1v) is 7.27. The summed E-state index contributed by atoms with van der Waals surface area (Å²) in [4.78, 5) is 0. The van der Waals surface area contributed by atoms with E-state index in [2.05, 4.69) is 49.4 Å². The third-order valence-corrected chi connectivity index (χ3v) is 4.10. The van der Waals surface area contributed by atoms with Crippen LogP contribution in [-0.4, -0.2) is 14.8 Å². The minimum Gasteiger partial charge on any atom is -0.298 e. The Balaban J connectivity index is 2.35. The van der Waals surface area contributed by atoms with E-state index in [1.165, 1.54) is 19.3 Å². The first-order chi connectivity index (χ1) is 8.29. The van der Waals surface area contributed by atoms with Crippen LogP contribution in [0.4, 0.5) is 0 Å². The van der Waals surface area contributed by atoms with Gasteiger partial charge in [-0.05, 0) is 42.7 Å². The van der Waals surface area contributed by atoms with Gasteiger partial charge in [0.25, 0.3) is 0 Å². The van der Waals surface area contributed by atoms with Crippen LogP contribution in [0, 0.1) is 11.8 Å². The summed E-state index contributed by atoms with van der Waals surface area (Å²) in [5.74, 6) is 2.52. The normalized spacial score (nSPS) is 29.6. The van der Waals surface area contributed by atoms with Crippen molar-refractivity contribution in [2.75, 3.05) is 0 Å². The molecule has 0 bridgehead atoms. The smallest absolute Gasteiger partial charge is 0.225 e. The zero-order valence-corrected chi connectivity index (χ0v) is 12.8. The van der Waals surface area contributed by atoms with Crippen LogP contribution >= 0.6 is 11.6 Å². The van der Waals surface area contributed by atoms with Gasteiger partial charge in [-0.25, -0.2) is 0 Å². The minimum absolute atomic E-state index is 0.00986. The molecule has 3 nitrogen and oxygen atoms in total. The van der Waals surface area contributed by atoms with Gasteiger partial charge in [-0.2, -0.15) is 0 Å². The highest BCUT2D eigenvalue weighted by Gasteiger charge is 2.31. The fourth-order valence-electron chi connectivity index (χ4n) is 3.22. The second-order valence-corrected chi connectivity index (χ2v) is 7.32. The summed E-state index contributed by atoms with van der Waals surface area (Å²) in [7, 11) is 0. The van der Waals surface area contributed by atoms with Gasteiger partial charge in [0.2, 0.25) is 5.28 Å². The van der Waals surface area contributed by atoms with Gasteiger partial charge in [-0.3, -0.25) is 4.57 Å². The lowest BCUT2D eigenvalue weighted by Crippen LogP contribution is -2.27. The highest BCUT2D eigenvalue weighted by Crippen LogP contribution is 2.39. The molecule has 1 heterocycles. The zero-order chi connectivity index (χ0) is 13.5. The molecule has 1 aromatic rings. The van der Waals surface area contributed by atoms with Gasteiger partial charge in [-0.15, -0.1) is 10.2 Å². The number of hydrogen-bond acceptors (Lipinski definition) is 2. The molecule has 2 rings (SSSR count). The Morgan fingerprint density at radius 2 is 1.61 bits per heavy atom. The van der Waals surface area contributed by atoms with Crippen molar-refractivity contribution in [3.63, 3.8) is 0 Å². The molecule has 0 saturated heterocycles. The van der Waals surface area contributed by atoms with Crippen LogP contribution in [0.25, 0.3) is 0 Å². The second kappa shape index (κ2) is 4.84. The van der Waals surface area contributed by atoms with E-state index in [4.69, 9.17) is 11.6 Å². The van der Waals surface area contributed by atoms with E-state index in [-0.39, 0.29) is 5.41 Å². The van der Waals surface area contributed by atoms with Gasteiger partial charge in [0.05, 0.1) is 0 Å². The molecule has 0 aromatic carbocycles. The lowest BCUT2D eigenvalue weighted by Gasteiger charge is -2.34. The van der Waals surface area contributed by atoms with E-state index in [0.29, 0.717) is 11.3 Å². The Bertz CT molecular complexity index is 409. The Kier molecular flexibility index (Phi) is 3.72. The van der Waals surface area contributed by atoms with Crippen LogP contribution in [0.2, 0.25) is 5.28 Å². The van der Waals surface area contributed by atoms with Crippen LogP contribution in [0.3, 0.4) is 0 Å². The summed E-state index contributed by atoms with van der Waals surface area (Å²) in [6, 6.07) is 0.459. The van der Waals surface area contributed by atoms with Crippen LogP contribution in [-0.2, 0) is 5.41 Å². The van der Waals surface area contributed by atoms with Crippen molar-refractivity contribution >= 4 is 11.6 Å². The highest BCUT2D eigenvalue weighted by molar-refractivity contribution is 6.28. The summed E-state index contributed by atoms with van der Waals surface area (Å²) >= 11 is 6.27. The number of halogens is 1. The number of nitrogens with zero attached hydrogens (tertiary/aromatic N) is 3. The zero-order valence-electron chi connectivity index (χ0n) is 12.1. The van der Waals surface area contributed by atoms with Crippen molar-refractivity contribution in [3.8, 4) is 0 Å². The third-order valence-electron chi connectivity index (χ3n) is 3.84. The molecule has 1 aliphatic rings. The van der Waals surface area contributed by atoms with Gasteiger partial charge in [-0.1, -0.05) is 34.6 Å². The maximum atomic E-state index is 6.27. The summed E-state index contributed by atoms with van der Waals surface area (Å²) in [6.07, 6.45) is 3.69. The molecule has 18 heavy (non-hydrogen) atoms. The van der Waals surface area contributed by atoms with Crippen LogP contribution in [0.1, 0.15) is 65.7 Å². The summed E-state index contributed by atoms with van der Waals surface area (Å²) in [6.45, 7) is 11.2. The second-order valence-electron chi connectivity index (χ2n) is 6.98. The number of aromatic nitrogens is 3. The molecule has 2 atom stereocenters. The predicted octanol–water partition coefficient (Wildman–Crippen LogP) is 4.23. The fourth-order valence-corrected chi connectivity index (χ4v) is 3.48. The lowest BCUT2D eigenvalue weighted by atomic mass is 9.80. The van der Waals surface area contributed by atoms with E-state index in [0.717, 1.165) is 17.7 Å². The Morgan fingerprint density at radius 1 is 1.06 bits per heavy atom. The third kappa shape index (κ3) is 2.71. The van der Waals surface area contributed by atoms with Crippen molar-refractivity contribution < 1.29 is 0 Å². The average molecular weight is 270 g/mol. The summed E-state index contributed by atoms with van der Waals surface area (Å²) < 4.78 is 2.17. The molecule has 1 saturated carbocycles.